The van der Waals surface area contributed by atoms with Crippen LogP contribution in [0, 0.1) is 6.92 Å². The van der Waals surface area contributed by atoms with Crippen LogP contribution in [0.1, 0.15) is 5.82 Å². The normalized spacial score (nSPS) is 10.9. The first-order chi connectivity index (χ1) is 15.6. The molecule has 5 rings (SSSR count). The summed E-state index contributed by atoms with van der Waals surface area (Å²) >= 11 is 0. The molecule has 0 aliphatic carbocycles. The number of aryl methyl sites for hydroxylation is 1. The van der Waals surface area contributed by atoms with Gasteiger partial charge >= 0.3 is 0 Å². The van der Waals surface area contributed by atoms with Crippen molar-refractivity contribution in [3.05, 3.63) is 67.0 Å². The maximum absolute atomic E-state index is 5.92. The van der Waals surface area contributed by atoms with Crippen molar-refractivity contribution >= 4 is 23.1 Å². The van der Waals surface area contributed by atoms with Gasteiger partial charge in [-0.1, -0.05) is 6.07 Å². The molecular formula is C22H19N9O. The van der Waals surface area contributed by atoms with Crippen molar-refractivity contribution in [3.8, 4) is 28.5 Å². The first-order valence-electron chi connectivity index (χ1n) is 9.79. The van der Waals surface area contributed by atoms with E-state index in [1.54, 1.807) is 32.5 Å². The summed E-state index contributed by atoms with van der Waals surface area (Å²) in [6, 6.07) is 11.4. The second-order valence-corrected chi connectivity index (χ2v) is 6.98. The maximum Gasteiger partial charge on any atom is 0.223 e. The van der Waals surface area contributed by atoms with Crippen LogP contribution in [-0.2, 0) is 0 Å². The maximum atomic E-state index is 5.92. The molecule has 0 saturated carbocycles. The molecule has 0 amide bonds. The molecule has 10 heteroatoms. The van der Waals surface area contributed by atoms with E-state index >= 15 is 0 Å². The van der Waals surface area contributed by atoms with Gasteiger partial charge in [-0.2, -0.15) is 9.97 Å². The Morgan fingerprint density at radius 1 is 0.969 bits per heavy atom. The van der Waals surface area contributed by atoms with Crippen LogP contribution < -0.4 is 15.8 Å². The summed E-state index contributed by atoms with van der Waals surface area (Å²) in [4.78, 5) is 26.2. The summed E-state index contributed by atoms with van der Waals surface area (Å²) in [6.45, 7) is 1.77. The third kappa shape index (κ3) is 3.65. The van der Waals surface area contributed by atoms with E-state index in [0.717, 1.165) is 16.8 Å². The zero-order valence-electron chi connectivity index (χ0n) is 17.4. The highest BCUT2D eigenvalue weighted by atomic mass is 16.5. The number of rotatable bonds is 5. The van der Waals surface area contributed by atoms with Crippen molar-refractivity contribution < 1.29 is 4.74 Å². The van der Waals surface area contributed by atoms with E-state index in [-0.39, 0.29) is 5.95 Å². The van der Waals surface area contributed by atoms with Crippen LogP contribution in [0.15, 0.2) is 61.2 Å². The van der Waals surface area contributed by atoms with Crippen molar-refractivity contribution in [1.29, 1.82) is 0 Å². The summed E-state index contributed by atoms with van der Waals surface area (Å²) < 4.78 is 7.06. The number of nitrogens with zero attached hydrogens (tertiary/aromatic N) is 7. The van der Waals surface area contributed by atoms with Crippen LogP contribution in [0.4, 0.5) is 17.5 Å². The van der Waals surface area contributed by atoms with Crippen molar-refractivity contribution in [2.45, 2.75) is 6.92 Å². The lowest BCUT2D eigenvalue weighted by Gasteiger charge is -2.09. The minimum absolute atomic E-state index is 0.142. The van der Waals surface area contributed by atoms with E-state index in [2.05, 4.69) is 30.2 Å². The number of nitrogen functional groups attached to an aromatic ring is 1. The van der Waals surface area contributed by atoms with Gasteiger partial charge in [0.05, 0.1) is 19.0 Å². The van der Waals surface area contributed by atoms with Gasteiger partial charge in [-0.25, -0.2) is 15.0 Å². The molecular weight excluding hydrogens is 406 g/mol. The molecule has 32 heavy (non-hydrogen) atoms. The predicted octanol–water partition coefficient (Wildman–Crippen LogP) is 3.29. The molecule has 0 saturated heterocycles. The topological polar surface area (TPSA) is 129 Å². The fourth-order valence-corrected chi connectivity index (χ4v) is 3.37. The van der Waals surface area contributed by atoms with E-state index in [1.165, 1.54) is 0 Å². The van der Waals surface area contributed by atoms with Gasteiger partial charge in [-0.15, -0.1) is 0 Å². The Kier molecular flexibility index (Phi) is 4.79. The van der Waals surface area contributed by atoms with Crippen LogP contribution in [0.25, 0.3) is 28.3 Å². The summed E-state index contributed by atoms with van der Waals surface area (Å²) in [7, 11) is 1.57. The standard InChI is InChI=1S/C22H19N9O/c1-13-26-20(30-22(23)27-13)19-21(28-16-6-8-18(32-2)25-11-16)29-17-7-5-15(12-31(17)19)14-4-3-9-24-10-14/h3-12,28H,1-2H3,(H2,23,26,27,30). The second kappa shape index (κ2) is 7.91. The molecule has 3 N–H and O–H groups in total. The average Bonchev–Trinajstić information content (AvgIpc) is 3.16. The summed E-state index contributed by atoms with van der Waals surface area (Å²) in [5, 5.41) is 3.31. The lowest BCUT2D eigenvalue weighted by molar-refractivity contribution is 0.398. The molecule has 5 heterocycles. The molecule has 0 radical (unpaired) electrons. The third-order valence-electron chi connectivity index (χ3n) is 4.80. The van der Waals surface area contributed by atoms with E-state index in [0.29, 0.717) is 34.7 Å². The number of aromatic nitrogens is 7. The fraction of sp³-hybridized carbons (Fsp3) is 0.0909. The molecule has 0 fully saturated rings. The predicted molar refractivity (Wildman–Crippen MR) is 120 cm³/mol. The van der Waals surface area contributed by atoms with Crippen molar-refractivity contribution in [2.75, 3.05) is 18.2 Å². The van der Waals surface area contributed by atoms with Gasteiger partial charge in [0, 0.05) is 35.8 Å². The Morgan fingerprint density at radius 3 is 2.59 bits per heavy atom. The van der Waals surface area contributed by atoms with Crippen LogP contribution in [0.2, 0.25) is 0 Å². The smallest absolute Gasteiger partial charge is 0.223 e. The number of imidazole rings is 1. The minimum Gasteiger partial charge on any atom is -0.481 e. The number of methoxy groups -OCH3 is 1. The first-order valence-corrected chi connectivity index (χ1v) is 9.79. The zero-order chi connectivity index (χ0) is 22.1. The molecule has 0 aliphatic rings. The fourth-order valence-electron chi connectivity index (χ4n) is 3.37. The molecule has 0 bridgehead atoms. The summed E-state index contributed by atoms with van der Waals surface area (Å²) in [5.41, 5.74) is 9.98. The molecule has 0 spiro atoms. The number of ether oxygens (including phenoxy) is 1. The Hall–Kier alpha value is -4.60. The van der Waals surface area contributed by atoms with Crippen LogP contribution in [-0.4, -0.2) is 41.4 Å². The van der Waals surface area contributed by atoms with Gasteiger partial charge < -0.3 is 15.8 Å². The van der Waals surface area contributed by atoms with Crippen molar-refractivity contribution in [1.82, 2.24) is 34.3 Å². The molecule has 10 nitrogen and oxygen atoms in total. The number of anilines is 3. The monoisotopic (exact) mass is 425 g/mol. The first kappa shape index (κ1) is 19.4. The van der Waals surface area contributed by atoms with Gasteiger partial charge in [-0.3, -0.25) is 9.38 Å². The molecule has 5 aromatic heterocycles. The van der Waals surface area contributed by atoms with E-state index in [1.807, 2.05) is 47.1 Å². The van der Waals surface area contributed by atoms with Crippen molar-refractivity contribution in [2.24, 2.45) is 0 Å². The van der Waals surface area contributed by atoms with Gasteiger partial charge in [0.25, 0.3) is 0 Å². The Morgan fingerprint density at radius 2 is 1.88 bits per heavy atom. The Balaban J connectivity index is 1.69. The van der Waals surface area contributed by atoms with E-state index in [9.17, 15) is 0 Å². The number of nitrogens with one attached hydrogen (secondary N) is 1. The summed E-state index contributed by atoms with van der Waals surface area (Å²) in [5.74, 6) is 2.15. The number of hydrogen-bond acceptors (Lipinski definition) is 9. The molecule has 0 aromatic carbocycles. The number of fused-ring (bicyclic) bond motifs is 1. The highest BCUT2D eigenvalue weighted by Gasteiger charge is 2.19. The average molecular weight is 425 g/mol. The SMILES string of the molecule is COc1ccc(Nc2nc3ccc(-c4cccnc4)cn3c2-c2nc(C)nc(N)n2)cn1. The third-order valence-corrected chi connectivity index (χ3v) is 4.80. The van der Waals surface area contributed by atoms with Gasteiger partial charge in [0.1, 0.15) is 17.2 Å². The number of pyridine rings is 3. The zero-order valence-corrected chi connectivity index (χ0v) is 17.4. The molecule has 158 valence electrons. The summed E-state index contributed by atoms with van der Waals surface area (Å²) in [6.07, 6.45) is 7.19. The highest BCUT2D eigenvalue weighted by Crippen LogP contribution is 2.31. The number of nitrogens with two attached hydrogens (primary N) is 1. The van der Waals surface area contributed by atoms with Crippen LogP contribution in [0.3, 0.4) is 0 Å². The molecule has 5 aromatic rings. The minimum atomic E-state index is 0.142. The van der Waals surface area contributed by atoms with Crippen molar-refractivity contribution in [3.63, 3.8) is 0 Å². The molecule has 0 aliphatic heterocycles. The van der Waals surface area contributed by atoms with E-state index in [4.69, 9.17) is 15.5 Å². The highest BCUT2D eigenvalue weighted by molar-refractivity contribution is 5.78. The Labute approximate surface area is 183 Å². The van der Waals surface area contributed by atoms with Gasteiger partial charge in [0.2, 0.25) is 11.8 Å². The second-order valence-electron chi connectivity index (χ2n) is 6.98. The van der Waals surface area contributed by atoms with E-state index < -0.39 is 0 Å². The quantitative estimate of drug-likeness (QED) is 0.436. The van der Waals surface area contributed by atoms with Gasteiger partial charge in [-0.05, 0) is 31.2 Å². The molecule has 0 atom stereocenters. The molecule has 0 unspecified atom stereocenters. The Bertz CT molecular complexity index is 1380. The largest absolute Gasteiger partial charge is 0.481 e. The number of hydrogen-bond donors (Lipinski definition) is 2. The van der Waals surface area contributed by atoms with Crippen LogP contribution >= 0.6 is 0 Å². The lowest BCUT2D eigenvalue weighted by atomic mass is 10.1. The van der Waals surface area contributed by atoms with Gasteiger partial charge in [0.15, 0.2) is 11.6 Å². The lowest BCUT2D eigenvalue weighted by Crippen LogP contribution is -2.05. The van der Waals surface area contributed by atoms with Crippen LogP contribution in [0.5, 0.6) is 5.88 Å².